The molecule has 0 aliphatic rings. The van der Waals surface area contributed by atoms with E-state index in [1.165, 1.54) is 0 Å². The maximum atomic E-state index is 12.5. The average Bonchev–Trinajstić information content (AvgIpc) is 2.72. The van der Waals surface area contributed by atoms with Crippen LogP contribution in [0.4, 0.5) is 0 Å². The minimum atomic E-state index is -0.457. The molecule has 2 atom stereocenters. The van der Waals surface area contributed by atoms with Crippen LogP contribution < -0.4 is 0 Å². The van der Waals surface area contributed by atoms with Crippen molar-refractivity contribution >= 4 is 11.9 Å². The summed E-state index contributed by atoms with van der Waals surface area (Å²) in [5.41, 5.74) is 1.01. The highest BCUT2D eigenvalue weighted by atomic mass is 16.6. The Bertz CT molecular complexity index is 697. The Kier molecular flexibility index (Phi) is 8.56. The van der Waals surface area contributed by atoms with Crippen molar-refractivity contribution in [3.05, 3.63) is 71.8 Å². The fourth-order valence-electron chi connectivity index (χ4n) is 2.89. The van der Waals surface area contributed by atoms with Crippen LogP contribution in [0.2, 0.25) is 0 Å². The standard InChI is InChI=1S/C23H28O4/c1-3-5-17-21(27-23(25)19-15-10-7-11-16-19)20(12-4-2)26-22(24)18-13-8-6-9-14-18/h6-11,13-16,20-21H,3-5,12,17H2,1-2H3. The van der Waals surface area contributed by atoms with Gasteiger partial charge in [-0.1, -0.05) is 63.1 Å². The van der Waals surface area contributed by atoms with Crippen LogP contribution in [0.5, 0.6) is 0 Å². The predicted octanol–water partition coefficient (Wildman–Crippen LogP) is 5.43. The second-order valence-corrected chi connectivity index (χ2v) is 6.55. The fourth-order valence-corrected chi connectivity index (χ4v) is 2.89. The molecule has 0 aliphatic carbocycles. The number of rotatable bonds is 10. The van der Waals surface area contributed by atoms with Gasteiger partial charge in [-0.15, -0.1) is 0 Å². The van der Waals surface area contributed by atoms with E-state index in [9.17, 15) is 9.59 Å². The van der Waals surface area contributed by atoms with Crippen molar-refractivity contribution < 1.29 is 19.1 Å². The normalized spacial score (nSPS) is 12.8. The van der Waals surface area contributed by atoms with Gasteiger partial charge in [0.05, 0.1) is 11.1 Å². The summed E-state index contributed by atoms with van der Waals surface area (Å²) in [6, 6.07) is 17.8. The number of unbranched alkanes of at least 4 members (excludes halogenated alkanes) is 1. The molecule has 0 N–H and O–H groups in total. The molecular formula is C23H28O4. The van der Waals surface area contributed by atoms with Crippen LogP contribution in [0.3, 0.4) is 0 Å². The summed E-state index contributed by atoms with van der Waals surface area (Å²) in [5, 5.41) is 0. The van der Waals surface area contributed by atoms with Gasteiger partial charge in [0.15, 0.2) is 0 Å². The fraction of sp³-hybridized carbons (Fsp3) is 0.391. The third-order valence-electron chi connectivity index (χ3n) is 4.37. The van der Waals surface area contributed by atoms with Gasteiger partial charge in [0.25, 0.3) is 0 Å². The Morgan fingerprint density at radius 1 is 0.704 bits per heavy atom. The number of benzene rings is 2. The molecule has 0 saturated heterocycles. The van der Waals surface area contributed by atoms with E-state index in [4.69, 9.17) is 9.47 Å². The Morgan fingerprint density at radius 2 is 1.15 bits per heavy atom. The molecule has 2 rings (SSSR count). The first-order valence-corrected chi connectivity index (χ1v) is 9.67. The van der Waals surface area contributed by atoms with Gasteiger partial charge in [-0.25, -0.2) is 9.59 Å². The van der Waals surface area contributed by atoms with E-state index in [0.717, 1.165) is 19.3 Å². The molecule has 0 heterocycles. The van der Waals surface area contributed by atoms with Crippen molar-refractivity contribution in [3.8, 4) is 0 Å². The van der Waals surface area contributed by atoms with Crippen LogP contribution in [0.25, 0.3) is 0 Å². The van der Waals surface area contributed by atoms with Crippen molar-refractivity contribution in [2.24, 2.45) is 0 Å². The van der Waals surface area contributed by atoms with Crippen LogP contribution >= 0.6 is 0 Å². The monoisotopic (exact) mass is 368 g/mol. The Morgan fingerprint density at radius 3 is 1.56 bits per heavy atom. The van der Waals surface area contributed by atoms with E-state index in [-0.39, 0.29) is 11.9 Å². The van der Waals surface area contributed by atoms with E-state index in [1.54, 1.807) is 48.5 Å². The van der Waals surface area contributed by atoms with E-state index in [1.807, 2.05) is 19.1 Å². The summed E-state index contributed by atoms with van der Waals surface area (Å²) in [5.74, 6) is -0.764. The number of ether oxygens (including phenoxy) is 2. The first kappa shape index (κ1) is 20.7. The highest BCUT2D eigenvalue weighted by molar-refractivity contribution is 5.90. The van der Waals surface area contributed by atoms with E-state index in [0.29, 0.717) is 24.0 Å². The molecule has 0 bridgehead atoms. The van der Waals surface area contributed by atoms with Crippen LogP contribution in [0, 0.1) is 0 Å². The van der Waals surface area contributed by atoms with Gasteiger partial charge < -0.3 is 9.47 Å². The molecule has 0 fully saturated rings. The predicted molar refractivity (Wildman–Crippen MR) is 106 cm³/mol. The molecule has 2 unspecified atom stereocenters. The summed E-state index contributed by atoms with van der Waals surface area (Å²) >= 11 is 0. The quantitative estimate of drug-likeness (QED) is 0.525. The maximum Gasteiger partial charge on any atom is 0.338 e. The van der Waals surface area contributed by atoms with Crippen molar-refractivity contribution in [3.63, 3.8) is 0 Å². The van der Waals surface area contributed by atoms with Gasteiger partial charge in [0.1, 0.15) is 12.2 Å². The lowest BCUT2D eigenvalue weighted by Crippen LogP contribution is -2.35. The SMILES string of the molecule is CCCCC(OC(=O)c1ccccc1)C(CCC)OC(=O)c1ccccc1. The third-order valence-corrected chi connectivity index (χ3v) is 4.37. The summed E-state index contributed by atoms with van der Waals surface area (Å²) in [4.78, 5) is 25.0. The van der Waals surface area contributed by atoms with Crippen LogP contribution in [0.15, 0.2) is 60.7 Å². The molecule has 0 amide bonds. The lowest BCUT2D eigenvalue weighted by Gasteiger charge is -2.27. The summed E-state index contributed by atoms with van der Waals surface area (Å²) in [6.45, 7) is 4.11. The number of carbonyl (C=O) groups is 2. The van der Waals surface area contributed by atoms with E-state index >= 15 is 0 Å². The number of hydrogen-bond acceptors (Lipinski definition) is 4. The molecule has 0 spiro atoms. The smallest absolute Gasteiger partial charge is 0.338 e. The van der Waals surface area contributed by atoms with Crippen molar-refractivity contribution in [1.82, 2.24) is 0 Å². The van der Waals surface area contributed by atoms with Crippen molar-refractivity contribution in [2.45, 2.75) is 58.2 Å². The van der Waals surface area contributed by atoms with Gasteiger partial charge in [0, 0.05) is 0 Å². The number of esters is 2. The van der Waals surface area contributed by atoms with Crippen LogP contribution in [-0.2, 0) is 9.47 Å². The highest BCUT2D eigenvalue weighted by Gasteiger charge is 2.28. The average molecular weight is 368 g/mol. The second-order valence-electron chi connectivity index (χ2n) is 6.55. The zero-order valence-corrected chi connectivity index (χ0v) is 16.1. The molecule has 0 aliphatic heterocycles. The minimum absolute atomic E-state index is 0.381. The Balaban J connectivity index is 2.13. The molecule has 2 aromatic carbocycles. The van der Waals surface area contributed by atoms with Gasteiger partial charge in [-0.05, 0) is 43.5 Å². The van der Waals surface area contributed by atoms with E-state index < -0.39 is 12.2 Å². The summed E-state index contributed by atoms with van der Waals surface area (Å²) < 4.78 is 11.5. The van der Waals surface area contributed by atoms with Gasteiger partial charge in [0.2, 0.25) is 0 Å². The summed E-state index contributed by atoms with van der Waals surface area (Å²) in [6.07, 6.45) is 3.11. The number of hydrogen-bond donors (Lipinski definition) is 0. The summed E-state index contributed by atoms with van der Waals surface area (Å²) in [7, 11) is 0. The number of carbonyl (C=O) groups excluding carboxylic acids is 2. The van der Waals surface area contributed by atoms with Gasteiger partial charge in [-0.2, -0.15) is 0 Å². The highest BCUT2D eigenvalue weighted by Crippen LogP contribution is 2.20. The first-order chi connectivity index (χ1) is 13.2. The molecule has 4 heteroatoms. The molecule has 0 radical (unpaired) electrons. The van der Waals surface area contributed by atoms with Crippen LogP contribution in [0.1, 0.15) is 66.7 Å². The zero-order valence-electron chi connectivity index (χ0n) is 16.1. The lowest BCUT2D eigenvalue weighted by molar-refractivity contribution is -0.0418. The largest absolute Gasteiger partial charge is 0.455 e. The van der Waals surface area contributed by atoms with Gasteiger partial charge in [-0.3, -0.25) is 0 Å². The molecule has 0 saturated carbocycles. The third kappa shape index (κ3) is 6.55. The van der Waals surface area contributed by atoms with E-state index in [2.05, 4.69) is 6.92 Å². The second kappa shape index (κ2) is 11.2. The molecule has 0 aromatic heterocycles. The minimum Gasteiger partial charge on any atom is -0.455 e. The topological polar surface area (TPSA) is 52.6 Å². The maximum absolute atomic E-state index is 12.5. The molecule has 27 heavy (non-hydrogen) atoms. The van der Waals surface area contributed by atoms with Gasteiger partial charge >= 0.3 is 11.9 Å². The lowest BCUT2D eigenvalue weighted by atomic mass is 10.0. The molecular weight excluding hydrogens is 340 g/mol. The molecule has 144 valence electrons. The zero-order chi connectivity index (χ0) is 19.5. The molecule has 2 aromatic rings. The van der Waals surface area contributed by atoms with Crippen LogP contribution in [-0.4, -0.2) is 24.1 Å². The molecule has 4 nitrogen and oxygen atoms in total. The Labute approximate surface area is 161 Å². The van der Waals surface area contributed by atoms with Crippen molar-refractivity contribution in [2.75, 3.05) is 0 Å². The first-order valence-electron chi connectivity index (χ1n) is 9.67. The Hall–Kier alpha value is -2.62. The van der Waals surface area contributed by atoms with Crippen molar-refractivity contribution in [1.29, 1.82) is 0 Å².